The summed E-state index contributed by atoms with van der Waals surface area (Å²) in [7, 11) is 0. The molecule has 1 aromatic heterocycles. The van der Waals surface area contributed by atoms with Gasteiger partial charge in [-0.1, -0.05) is 12.1 Å². The van der Waals surface area contributed by atoms with E-state index in [1.54, 1.807) is 24.3 Å². The molecule has 162 valence electrons. The lowest BCUT2D eigenvalue weighted by atomic mass is 10.2. The van der Waals surface area contributed by atoms with Gasteiger partial charge >= 0.3 is 0 Å². The number of aromatic nitrogens is 1. The SMILES string of the molecule is C[C@@H](Oc1ccc(CNC(=O)c2cccnc2Oc2cccc(C#N)c2)c(F)c1)C(N)=O. The van der Waals surface area contributed by atoms with Crippen molar-refractivity contribution in [1.82, 2.24) is 10.3 Å². The molecule has 0 unspecified atom stereocenters. The van der Waals surface area contributed by atoms with Crippen molar-refractivity contribution in [1.29, 1.82) is 5.26 Å². The van der Waals surface area contributed by atoms with Gasteiger partial charge in [0.05, 0.1) is 11.6 Å². The number of carbonyl (C=O) groups excluding carboxylic acids is 2. The number of benzene rings is 2. The van der Waals surface area contributed by atoms with Gasteiger partial charge in [-0.2, -0.15) is 5.26 Å². The molecule has 0 aliphatic carbocycles. The summed E-state index contributed by atoms with van der Waals surface area (Å²) in [5, 5.41) is 11.6. The first-order valence-electron chi connectivity index (χ1n) is 9.53. The van der Waals surface area contributed by atoms with Gasteiger partial charge < -0.3 is 20.5 Å². The summed E-state index contributed by atoms with van der Waals surface area (Å²) in [4.78, 5) is 27.8. The average Bonchev–Trinajstić information content (AvgIpc) is 2.78. The second-order valence-electron chi connectivity index (χ2n) is 6.70. The Morgan fingerprint density at radius 1 is 1.19 bits per heavy atom. The summed E-state index contributed by atoms with van der Waals surface area (Å²) in [5.74, 6) is -1.27. The zero-order chi connectivity index (χ0) is 23.1. The van der Waals surface area contributed by atoms with Crippen molar-refractivity contribution in [2.24, 2.45) is 5.73 Å². The lowest BCUT2D eigenvalue weighted by molar-refractivity contribution is -0.123. The molecule has 9 heteroatoms. The van der Waals surface area contributed by atoms with Gasteiger partial charge in [0.2, 0.25) is 5.88 Å². The van der Waals surface area contributed by atoms with Crippen molar-refractivity contribution in [2.75, 3.05) is 0 Å². The third-order valence-electron chi connectivity index (χ3n) is 4.37. The fourth-order valence-corrected chi connectivity index (χ4v) is 2.66. The summed E-state index contributed by atoms with van der Waals surface area (Å²) in [6, 6.07) is 15.6. The normalized spacial score (nSPS) is 11.2. The number of carbonyl (C=O) groups is 2. The number of ether oxygens (including phenoxy) is 2. The van der Waals surface area contributed by atoms with Crippen LogP contribution in [0.4, 0.5) is 4.39 Å². The number of pyridine rings is 1. The van der Waals surface area contributed by atoms with E-state index < -0.39 is 23.7 Å². The first kappa shape index (κ1) is 22.2. The second-order valence-corrected chi connectivity index (χ2v) is 6.70. The van der Waals surface area contributed by atoms with Crippen LogP contribution < -0.4 is 20.5 Å². The van der Waals surface area contributed by atoms with Gasteiger partial charge in [-0.3, -0.25) is 9.59 Å². The van der Waals surface area contributed by atoms with Gasteiger partial charge in [-0.05, 0) is 43.3 Å². The fourth-order valence-electron chi connectivity index (χ4n) is 2.66. The van der Waals surface area contributed by atoms with Gasteiger partial charge in [-0.15, -0.1) is 0 Å². The van der Waals surface area contributed by atoms with E-state index in [0.717, 1.165) is 6.07 Å². The quantitative estimate of drug-likeness (QED) is 0.561. The van der Waals surface area contributed by atoms with E-state index >= 15 is 0 Å². The molecule has 0 aliphatic rings. The third kappa shape index (κ3) is 5.58. The second kappa shape index (κ2) is 10.0. The van der Waals surface area contributed by atoms with E-state index in [0.29, 0.717) is 11.3 Å². The maximum Gasteiger partial charge on any atom is 0.258 e. The van der Waals surface area contributed by atoms with Gasteiger partial charge in [-0.25, -0.2) is 9.37 Å². The fraction of sp³-hybridized carbons (Fsp3) is 0.130. The van der Waals surface area contributed by atoms with Crippen LogP contribution >= 0.6 is 0 Å². The van der Waals surface area contributed by atoms with Gasteiger partial charge in [0.25, 0.3) is 11.8 Å². The highest BCUT2D eigenvalue weighted by Crippen LogP contribution is 2.24. The Bertz CT molecular complexity index is 1190. The predicted octanol–water partition coefficient (Wildman–Crippen LogP) is 3.07. The molecule has 1 heterocycles. The van der Waals surface area contributed by atoms with E-state index in [4.69, 9.17) is 20.5 Å². The Labute approximate surface area is 183 Å². The van der Waals surface area contributed by atoms with E-state index in [9.17, 15) is 14.0 Å². The number of halogens is 1. The average molecular weight is 434 g/mol. The molecule has 0 saturated carbocycles. The maximum absolute atomic E-state index is 14.4. The number of nitrogens with two attached hydrogens (primary N) is 1. The highest BCUT2D eigenvalue weighted by atomic mass is 19.1. The standard InChI is InChI=1S/C23H19FN4O4/c1-14(21(26)29)31-18-8-7-16(20(24)11-18)13-28-22(30)19-6-3-9-27-23(19)32-17-5-2-4-15(10-17)12-25/h2-11,14H,13H2,1H3,(H2,26,29)(H,28,30)/t14-/m1/s1. The molecule has 32 heavy (non-hydrogen) atoms. The lowest BCUT2D eigenvalue weighted by Crippen LogP contribution is -2.30. The number of primary amides is 1. The highest BCUT2D eigenvalue weighted by Gasteiger charge is 2.16. The van der Waals surface area contributed by atoms with Crippen LogP contribution in [0.5, 0.6) is 17.4 Å². The minimum Gasteiger partial charge on any atom is -0.481 e. The van der Waals surface area contributed by atoms with Crippen molar-refractivity contribution >= 4 is 11.8 Å². The molecule has 1 atom stereocenters. The van der Waals surface area contributed by atoms with Crippen LogP contribution in [0.25, 0.3) is 0 Å². The zero-order valence-electron chi connectivity index (χ0n) is 17.0. The minimum absolute atomic E-state index is 0.0461. The molecule has 0 saturated heterocycles. The molecule has 2 aromatic carbocycles. The van der Waals surface area contributed by atoms with E-state index in [2.05, 4.69) is 10.3 Å². The Morgan fingerprint density at radius 2 is 2.00 bits per heavy atom. The van der Waals surface area contributed by atoms with Gasteiger partial charge in [0.1, 0.15) is 22.9 Å². The monoisotopic (exact) mass is 434 g/mol. The molecule has 3 N–H and O–H groups in total. The summed E-state index contributed by atoms with van der Waals surface area (Å²) >= 11 is 0. The molecule has 0 aliphatic heterocycles. The molecule has 0 spiro atoms. The molecular formula is C23H19FN4O4. The van der Waals surface area contributed by atoms with E-state index in [1.807, 2.05) is 6.07 Å². The van der Waals surface area contributed by atoms with E-state index in [-0.39, 0.29) is 29.3 Å². The highest BCUT2D eigenvalue weighted by molar-refractivity contribution is 5.96. The van der Waals surface area contributed by atoms with Crippen molar-refractivity contribution in [2.45, 2.75) is 19.6 Å². The van der Waals surface area contributed by atoms with Gasteiger partial charge in [0.15, 0.2) is 6.10 Å². The van der Waals surface area contributed by atoms with Crippen LogP contribution in [0, 0.1) is 17.1 Å². The molecule has 0 bridgehead atoms. The van der Waals surface area contributed by atoms with Crippen LogP contribution in [0.2, 0.25) is 0 Å². The zero-order valence-corrected chi connectivity index (χ0v) is 17.0. The lowest BCUT2D eigenvalue weighted by Gasteiger charge is -2.13. The minimum atomic E-state index is -0.905. The van der Waals surface area contributed by atoms with Crippen LogP contribution in [0.3, 0.4) is 0 Å². The Balaban J connectivity index is 1.69. The number of nitrogens with one attached hydrogen (secondary N) is 1. The first-order valence-corrected chi connectivity index (χ1v) is 9.53. The Morgan fingerprint density at radius 3 is 2.72 bits per heavy atom. The molecular weight excluding hydrogens is 415 g/mol. The topological polar surface area (TPSA) is 127 Å². The van der Waals surface area contributed by atoms with Crippen molar-refractivity contribution in [3.63, 3.8) is 0 Å². The largest absolute Gasteiger partial charge is 0.481 e. The van der Waals surface area contributed by atoms with Crippen LogP contribution in [-0.2, 0) is 11.3 Å². The molecule has 0 fully saturated rings. The molecule has 3 rings (SSSR count). The number of amides is 2. The summed E-state index contributed by atoms with van der Waals surface area (Å²) < 4.78 is 25.3. The number of nitrogens with zero attached hydrogens (tertiary/aromatic N) is 2. The Hall–Kier alpha value is -4.45. The van der Waals surface area contributed by atoms with Gasteiger partial charge in [0, 0.05) is 24.4 Å². The smallest absolute Gasteiger partial charge is 0.258 e. The molecule has 2 amide bonds. The number of nitriles is 1. The summed E-state index contributed by atoms with van der Waals surface area (Å²) in [5.41, 5.74) is 5.89. The van der Waals surface area contributed by atoms with Crippen LogP contribution in [-0.4, -0.2) is 22.9 Å². The molecule has 0 radical (unpaired) electrons. The predicted molar refractivity (Wildman–Crippen MR) is 112 cm³/mol. The van der Waals surface area contributed by atoms with Crippen molar-refractivity contribution in [3.05, 3.63) is 83.3 Å². The number of hydrogen-bond donors (Lipinski definition) is 2. The summed E-state index contributed by atoms with van der Waals surface area (Å²) in [6.07, 6.45) is 0.559. The van der Waals surface area contributed by atoms with E-state index in [1.165, 1.54) is 37.4 Å². The first-order chi connectivity index (χ1) is 15.4. The van der Waals surface area contributed by atoms with Crippen LogP contribution in [0.15, 0.2) is 60.8 Å². The third-order valence-corrected chi connectivity index (χ3v) is 4.37. The maximum atomic E-state index is 14.4. The van der Waals surface area contributed by atoms with Crippen LogP contribution in [0.1, 0.15) is 28.4 Å². The van der Waals surface area contributed by atoms with Crippen molar-refractivity contribution in [3.8, 4) is 23.4 Å². The molecule has 8 nitrogen and oxygen atoms in total. The Kier molecular flexibility index (Phi) is 6.98. The van der Waals surface area contributed by atoms with Crippen molar-refractivity contribution < 1.29 is 23.5 Å². The molecule has 3 aromatic rings. The number of rotatable bonds is 8. The number of hydrogen-bond acceptors (Lipinski definition) is 6. The summed E-state index contributed by atoms with van der Waals surface area (Å²) in [6.45, 7) is 1.35.